The van der Waals surface area contributed by atoms with Gasteiger partial charge in [0.15, 0.2) is 0 Å². The zero-order valence-corrected chi connectivity index (χ0v) is 14.9. The Bertz CT molecular complexity index is 932. The summed E-state index contributed by atoms with van der Waals surface area (Å²) < 4.78 is 17.8. The highest BCUT2D eigenvalue weighted by molar-refractivity contribution is 7.71. The highest BCUT2D eigenvalue weighted by atomic mass is 32.1. The van der Waals surface area contributed by atoms with Gasteiger partial charge in [-0.3, -0.25) is 9.47 Å². The van der Waals surface area contributed by atoms with Gasteiger partial charge in [0.1, 0.15) is 12.1 Å². The first-order valence-electron chi connectivity index (χ1n) is 8.36. The fraction of sp³-hybridized carbons (Fsp3) is 0.294. The molecule has 1 aliphatic heterocycles. The summed E-state index contributed by atoms with van der Waals surface area (Å²) in [5.74, 6) is 0.437. The van der Waals surface area contributed by atoms with Crippen molar-refractivity contribution in [1.29, 1.82) is 0 Å². The first-order chi connectivity index (χ1) is 12.7. The molecule has 1 aromatic carbocycles. The lowest BCUT2D eigenvalue weighted by atomic mass is 10.3. The van der Waals surface area contributed by atoms with Crippen LogP contribution in [-0.4, -0.2) is 55.4 Å². The van der Waals surface area contributed by atoms with Gasteiger partial charge in [0.2, 0.25) is 10.7 Å². The molecule has 0 amide bonds. The molecule has 4 rings (SSSR count). The van der Waals surface area contributed by atoms with Crippen LogP contribution in [0, 0.1) is 10.6 Å². The Morgan fingerprint density at radius 3 is 2.46 bits per heavy atom. The van der Waals surface area contributed by atoms with Crippen LogP contribution in [0.5, 0.6) is 0 Å². The summed E-state index contributed by atoms with van der Waals surface area (Å²) in [5.41, 5.74) is 0.412. The minimum absolute atomic E-state index is 0.320. The first-order valence-corrected chi connectivity index (χ1v) is 8.77. The van der Waals surface area contributed by atoms with E-state index in [0.717, 1.165) is 32.1 Å². The number of nitrogens with zero attached hydrogens (tertiary/aromatic N) is 7. The van der Waals surface area contributed by atoms with E-state index in [1.165, 1.54) is 6.07 Å². The highest BCUT2D eigenvalue weighted by Gasteiger charge is 2.19. The molecule has 0 saturated carbocycles. The third-order valence-electron chi connectivity index (χ3n) is 4.39. The maximum atomic E-state index is 14.0. The van der Waals surface area contributed by atoms with Crippen LogP contribution >= 0.6 is 12.2 Å². The molecule has 3 aromatic rings. The molecule has 0 aliphatic carbocycles. The molecule has 7 nitrogen and oxygen atoms in total. The van der Waals surface area contributed by atoms with E-state index >= 15 is 0 Å². The topological polar surface area (TPSA) is 55.0 Å². The lowest BCUT2D eigenvalue weighted by Gasteiger charge is -2.34. The van der Waals surface area contributed by atoms with Gasteiger partial charge in [0.05, 0.1) is 12.4 Å². The SMILES string of the molecule is Fc1ccccc1-n1cnn(CN2CCN(c3ncccn3)CC2)c1=S. The van der Waals surface area contributed by atoms with E-state index in [9.17, 15) is 4.39 Å². The van der Waals surface area contributed by atoms with E-state index in [1.807, 2.05) is 6.07 Å². The molecule has 134 valence electrons. The lowest BCUT2D eigenvalue weighted by molar-refractivity contribution is 0.193. The van der Waals surface area contributed by atoms with Crippen LogP contribution in [0.25, 0.3) is 5.69 Å². The first kappa shape index (κ1) is 16.8. The molecule has 1 fully saturated rings. The van der Waals surface area contributed by atoms with Crippen molar-refractivity contribution in [3.63, 3.8) is 0 Å². The number of para-hydroxylation sites is 1. The van der Waals surface area contributed by atoms with Crippen molar-refractivity contribution in [1.82, 2.24) is 29.2 Å². The van der Waals surface area contributed by atoms with Gasteiger partial charge in [0.25, 0.3) is 0 Å². The smallest absolute Gasteiger partial charge is 0.225 e. The van der Waals surface area contributed by atoms with Crippen molar-refractivity contribution in [3.05, 3.63) is 59.6 Å². The lowest BCUT2D eigenvalue weighted by Crippen LogP contribution is -2.47. The number of rotatable bonds is 4. The van der Waals surface area contributed by atoms with Crippen LogP contribution in [0.3, 0.4) is 0 Å². The summed E-state index contributed by atoms with van der Waals surface area (Å²) in [4.78, 5) is 13.0. The quantitative estimate of drug-likeness (QED) is 0.655. The molecular weight excluding hydrogens is 353 g/mol. The predicted octanol–water partition coefficient (Wildman–Crippen LogP) is 2.11. The standard InChI is InChI=1S/C17H18FN7S/c18-14-4-1-2-5-15(14)24-12-21-25(17(24)26)13-22-8-10-23(11-9-22)16-19-6-3-7-20-16/h1-7,12H,8-11,13H2. The summed E-state index contributed by atoms with van der Waals surface area (Å²) in [7, 11) is 0. The Morgan fingerprint density at radius 1 is 1.00 bits per heavy atom. The maximum Gasteiger partial charge on any atom is 0.225 e. The summed E-state index contributed by atoms with van der Waals surface area (Å²) in [6.45, 7) is 3.96. The fourth-order valence-corrected chi connectivity index (χ4v) is 3.23. The van der Waals surface area contributed by atoms with Crippen LogP contribution in [0.4, 0.5) is 10.3 Å². The monoisotopic (exact) mass is 371 g/mol. The van der Waals surface area contributed by atoms with E-state index in [-0.39, 0.29) is 5.82 Å². The van der Waals surface area contributed by atoms with Gasteiger partial charge in [-0.05, 0) is 30.4 Å². The highest BCUT2D eigenvalue weighted by Crippen LogP contribution is 2.14. The van der Waals surface area contributed by atoms with Gasteiger partial charge in [-0.2, -0.15) is 5.10 Å². The van der Waals surface area contributed by atoms with Crippen molar-refractivity contribution >= 4 is 18.2 Å². The summed E-state index contributed by atoms with van der Waals surface area (Å²) in [5, 5.41) is 4.33. The molecule has 3 heterocycles. The molecule has 0 bridgehead atoms. The van der Waals surface area contributed by atoms with Gasteiger partial charge in [-0.1, -0.05) is 12.1 Å². The number of hydrogen-bond acceptors (Lipinski definition) is 6. The van der Waals surface area contributed by atoms with Gasteiger partial charge >= 0.3 is 0 Å². The molecular formula is C17H18FN7S. The molecule has 1 aliphatic rings. The largest absolute Gasteiger partial charge is 0.338 e. The van der Waals surface area contributed by atoms with E-state index in [2.05, 4.69) is 24.9 Å². The van der Waals surface area contributed by atoms with Crippen molar-refractivity contribution in [2.24, 2.45) is 0 Å². The minimum atomic E-state index is -0.320. The molecule has 0 spiro atoms. The summed E-state index contributed by atoms with van der Waals surface area (Å²) in [6, 6.07) is 8.35. The number of halogens is 1. The number of hydrogen-bond donors (Lipinski definition) is 0. The van der Waals surface area contributed by atoms with Crippen molar-refractivity contribution in [3.8, 4) is 5.69 Å². The van der Waals surface area contributed by atoms with Crippen LogP contribution in [-0.2, 0) is 6.67 Å². The molecule has 1 saturated heterocycles. The summed E-state index contributed by atoms with van der Waals surface area (Å²) in [6.07, 6.45) is 5.07. The molecule has 26 heavy (non-hydrogen) atoms. The Hall–Kier alpha value is -2.65. The normalized spacial score (nSPS) is 15.3. The van der Waals surface area contributed by atoms with Gasteiger partial charge in [-0.15, -0.1) is 0 Å². The van der Waals surface area contributed by atoms with Gasteiger partial charge in [-0.25, -0.2) is 19.0 Å². The van der Waals surface area contributed by atoms with Crippen LogP contribution in [0.2, 0.25) is 0 Å². The second-order valence-corrected chi connectivity index (χ2v) is 6.39. The minimum Gasteiger partial charge on any atom is -0.338 e. The Morgan fingerprint density at radius 2 is 1.73 bits per heavy atom. The summed E-state index contributed by atoms with van der Waals surface area (Å²) >= 11 is 5.47. The maximum absolute atomic E-state index is 14.0. The van der Waals surface area contributed by atoms with E-state index in [0.29, 0.717) is 17.1 Å². The number of piperazine rings is 1. The molecule has 2 aromatic heterocycles. The second-order valence-electron chi connectivity index (χ2n) is 6.03. The van der Waals surface area contributed by atoms with E-state index in [1.54, 1.807) is 46.2 Å². The average Bonchev–Trinajstić information content (AvgIpc) is 3.04. The third-order valence-corrected chi connectivity index (χ3v) is 4.79. The predicted molar refractivity (Wildman–Crippen MR) is 98.2 cm³/mol. The van der Waals surface area contributed by atoms with Crippen molar-refractivity contribution in [2.45, 2.75) is 6.67 Å². The molecule has 0 radical (unpaired) electrons. The van der Waals surface area contributed by atoms with Crippen LogP contribution in [0.15, 0.2) is 49.1 Å². The van der Waals surface area contributed by atoms with Gasteiger partial charge < -0.3 is 4.90 Å². The van der Waals surface area contributed by atoms with Crippen molar-refractivity contribution in [2.75, 3.05) is 31.1 Å². The molecule has 0 unspecified atom stereocenters. The molecule has 0 N–H and O–H groups in total. The van der Waals surface area contributed by atoms with Crippen LogP contribution in [0.1, 0.15) is 0 Å². The Labute approximate surface area is 155 Å². The Balaban J connectivity index is 1.43. The van der Waals surface area contributed by atoms with E-state index in [4.69, 9.17) is 12.2 Å². The van der Waals surface area contributed by atoms with E-state index < -0.39 is 0 Å². The molecule has 0 atom stereocenters. The van der Waals surface area contributed by atoms with Crippen molar-refractivity contribution < 1.29 is 4.39 Å². The zero-order chi connectivity index (χ0) is 17.9. The fourth-order valence-electron chi connectivity index (χ4n) is 2.98. The van der Waals surface area contributed by atoms with Gasteiger partial charge in [0, 0.05) is 38.6 Å². The Kier molecular flexibility index (Phi) is 4.72. The number of anilines is 1. The average molecular weight is 371 g/mol. The number of benzene rings is 1. The van der Waals surface area contributed by atoms with Crippen LogP contribution < -0.4 is 4.90 Å². The molecule has 9 heteroatoms. The third kappa shape index (κ3) is 3.35. The second kappa shape index (κ2) is 7.30. The number of aromatic nitrogens is 5. The zero-order valence-electron chi connectivity index (χ0n) is 14.1.